The molecule has 49 heteroatoms. The van der Waals surface area contributed by atoms with Gasteiger partial charge in [0.1, 0.15) is 153 Å². The number of hydrogen-bond donors (Lipinski definition) is 29. The van der Waals surface area contributed by atoms with Gasteiger partial charge < -0.3 is 211 Å². The molecule has 38 atom stereocenters. The summed E-state index contributed by atoms with van der Waals surface area (Å²) in [4.78, 5) is 91.1. The van der Waals surface area contributed by atoms with Gasteiger partial charge in [0.25, 0.3) is 17.4 Å². The number of carbonyl (C=O) groups is 7. The average Bonchev–Trinajstić information content (AvgIpc) is 0.754. The second kappa shape index (κ2) is 37.7. The zero-order chi connectivity index (χ0) is 80.8. The van der Waals surface area contributed by atoms with Gasteiger partial charge in [-0.1, -0.05) is 0 Å². The van der Waals surface area contributed by atoms with Gasteiger partial charge in [0, 0.05) is 47.0 Å². The highest BCUT2D eigenvalue weighted by Gasteiger charge is 2.65. The predicted octanol–water partition coefficient (Wildman–Crippen LogP) is -18.1. The van der Waals surface area contributed by atoms with Gasteiger partial charge in [-0.15, -0.1) is 0 Å². The number of carbonyl (C=O) groups excluding carboxylic acids is 4. The molecule has 108 heavy (non-hydrogen) atoms. The van der Waals surface area contributed by atoms with Crippen molar-refractivity contribution >= 4 is 41.5 Å². The molecule has 7 heterocycles. The smallest absolute Gasteiger partial charge is 0.364 e. The van der Waals surface area contributed by atoms with Crippen LogP contribution in [0.2, 0.25) is 0 Å². The van der Waals surface area contributed by atoms with Crippen LogP contribution in [0.15, 0.2) is 0 Å². The van der Waals surface area contributed by atoms with Gasteiger partial charge >= 0.3 is 17.9 Å². The summed E-state index contributed by atoms with van der Waals surface area (Å²) in [5, 5.41) is 285. The lowest BCUT2D eigenvalue weighted by atomic mass is 9.87. The monoisotopic (exact) mass is 1580 g/mol. The molecule has 0 radical (unpaired) electrons. The number of amides is 4. The summed E-state index contributed by atoms with van der Waals surface area (Å²) < 4.78 is 75.5. The molecular weight excluding hydrogens is 1480 g/mol. The first kappa shape index (κ1) is 90.1. The number of aliphatic hydroxyl groups is 22. The molecule has 0 aromatic carbocycles. The molecule has 7 aliphatic rings. The zero-order valence-corrected chi connectivity index (χ0v) is 57.6. The molecule has 4 amide bonds. The van der Waals surface area contributed by atoms with Gasteiger partial charge in [0.2, 0.25) is 23.6 Å². The Labute approximate surface area is 609 Å². The Morgan fingerprint density at radius 2 is 0.731 bits per heavy atom. The van der Waals surface area contributed by atoms with Crippen molar-refractivity contribution in [3.05, 3.63) is 0 Å². The van der Waals surface area contributed by atoms with E-state index >= 15 is 0 Å². The third kappa shape index (κ3) is 19.4. The molecule has 7 saturated heterocycles. The molecule has 0 saturated carbocycles. The van der Waals surface area contributed by atoms with E-state index in [1.54, 1.807) is 0 Å². The fraction of sp³-hybridized carbons (Fsp3) is 0.881. The minimum absolute atomic E-state index is 0.826. The quantitative estimate of drug-likeness (QED) is 0.0297. The molecule has 7 fully saturated rings. The van der Waals surface area contributed by atoms with Crippen LogP contribution in [0.1, 0.15) is 47.0 Å². The molecule has 0 aliphatic carbocycles. The number of carboxylic acids is 3. The molecule has 0 bridgehead atoms. The lowest BCUT2D eigenvalue weighted by Gasteiger charge is -2.53. The minimum Gasteiger partial charge on any atom is -0.477 e. The molecule has 0 aromatic rings. The highest BCUT2D eigenvalue weighted by atomic mass is 16.8. The first-order chi connectivity index (χ1) is 50.6. The third-order valence-electron chi connectivity index (χ3n) is 19.1. The van der Waals surface area contributed by atoms with Crippen molar-refractivity contribution in [3.8, 4) is 0 Å². The van der Waals surface area contributed by atoms with Crippen molar-refractivity contribution in [1.29, 1.82) is 0 Å². The lowest BCUT2D eigenvalue weighted by Crippen LogP contribution is -2.72. The number of aliphatic carboxylic acids is 3. The largest absolute Gasteiger partial charge is 0.477 e. The first-order valence-electron chi connectivity index (χ1n) is 33.5. The van der Waals surface area contributed by atoms with E-state index in [1.165, 1.54) is 0 Å². The van der Waals surface area contributed by atoms with Crippen LogP contribution in [0, 0.1) is 0 Å². The Balaban J connectivity index is 1.24. The van der Waals surface area contributed by atoms with Crippen molar-refractivity contribution in [1.82, 2.24) is 21.3 Å². The number of ether oxygens (including phenoxy) is 13. The van der Waals surface area contributed by atoms with Crippen LogP contribution in [-0.2, 0) is 95.1 Å². The molecule has 29 N–H and O–H groups in total. The van der Waals surface area contributed by atoms with Crippen LogP contribution in [0.25, 0.3) is 0 Å². The van der Waals surface area contributed by atoms with Crippen LogP contribution in [0.5, 0.6) is 0 Å². The van der Waals surface area contributed by atoms with Crippen LogP contribution in [0.4, 0.5) is 0 Å². The Morgan fingerprint density at radius 1 is 0.380 bits per heavy atom. The first-order valence-corrected chi connectivity index (χ1v) is 33.5. The van der Waals surface area contributed by atoms with Gasteiger partial charge in [-0.3, -0.25) is 19.2 Å². The lowest BCUT2D eigenvalue weighted by molar-refractivity contribution is -0.407. The normalized spacial score (nSPS) is 43.4. The van der Waals surface area contributed by atoms with Crippen LogP contribution >= 0.6 is 0 Å². The van der Waals surface area contributed by atoms with E-state index in [2.05, 4.69) is 21.3 Å². The van der Waals surface area contributed by atoms with Crippen molar-refractivity contribution in [2.24, 2.45) is 0 Å². The second-order valence-electron chi connectivity index (χ2n) is 26.8. The Hall–Kier alpha value is -5.11. The molecular formula is C59H96N4O45. The Kier molecular flexibility index (Phi) is 31.4. The van der Waals surface area contributed by atoms with Gasteiger partial charge in [-0.25, -0.2) is 14.4 Å². The van der Waals surface area contributed by atoms with E-state index in [0.717, 1.165) is 27.7 Å². The third-order valence-corrected chi connectivity index (χ3v) is 19.1. The number of aliphatic hydroxyl groups excluding tert-OH is 22. The van der Waals surface area contributed by atoms with E-state index in [1.807, 2.05) is 0 Å². The SMILES string of the molecule is CC(=O)N[C@H]1[C@H](O[C@@H]2[C@H](O)[C@@H](O[C@]3(C(=O)O)C[C@H](O)[C@@H](NC(C)=O)[C@H]([C@H](O)[C@H](O)CO)O3)[C@H](O[C@H]3[C@H](O)[C@@H](O)[C@H](O)O[C@@H]3CO)O[C@@H]2CO)O[C@H](CO)[C@H](O)[C@@H]1O[C@@H]1O[C@H](CO)[C@H](O)[C@H](O[C@]2(C(=O)O)C[C@H](O)[C@@H](NC(C)=O)[C@H]([C@H](O)[C@@H](CO)O[C@]3(C(=O)O)C[C@H](O)[C@@H](NC(C)=O)[C@H]([C@H](O)[C@H](O)CO)O3)O2)[C@H]1O. The van der Waals surface area contributed by atoms with Crippen LogP contribution in [-0.4, -0.2) is 447 Å². The van der Waals surface area contributed by atoms with Crippen molar-refractivity contribution < 1.29 is 223 Å². The van der Waals surface area contributed by atoms with Crippen LogP contribution in [0.3, 0.4) is 0 Å². The molecule has 0 aromatic heterocycles. The highest BCUT2D eigenvalue weighted by molar-refractivity contribution is 5.78. The zero-order valence-electron chi connectivity index (χ0n) is 57.6. The average molecular weight is 1580 g/mol. The summed E-state index contributed by atoms with van der Waals surface area (Å²) in [6.45, 7) is -5.70. The standard InChI is InChI=1S/C59H96N4O45/c1-15(71)60-29-19(75)5-57(54(90)91,104-45(29)33(80)22(78)8-64)103-26(12-68)37(84)47-31(62-17(3)73)21(77)6-58(106-47,55(92)93)107-48-36(83)25(11-67)98-52(41(48)88)102-44-32(63-18(4)74)51(97-24(10-66)35(44)82)100-43-28(14-70)99-53(101-42-27(13-69)96-50(89)39(86)38(42)85)49(40(43)87)108-59(56(94)95)7-20(76)30(61-16(2)72)46(105-59)34(81)23(79)9-65/h19-53,64-70,75-89H,5-14H2,1-4H3,(H,60,71)(H,61,72)(H,62,73)(H,63,74)(H,90,91)(H,92,93)(H,94,95)/t19-,20-,21-,22+,23+,24+,25+,26+,27+,28+,29+,30+,31+,32+,33+,34+,35-,36-,37+,38+,39+,40-,41+,42+,43-,44+,45+,46+,47+,48-,49+,50+,51-,52-,53-,57+,58-,59-/m0/s1. The summed E-state index contributed by atoms with van der Waals surface area (Å²) in [5.41, 5.74) is 0. The van der Waals surface area contributed by atoms with Gasteiger partial charge in [-0.2, -0.15) is 0 Å². The van der Waals surface area contributed by atoms with E-state index in [-0.39, 0.29) is 0 Å². The fourth-order valence-electron chi connectivity index (χ4n) is 13.7. The van der Waals surface area contributed by atoms with Crippen molar-refractivity contribution in [2.75, 3.05) is 46.2 Å². The maximum absolute atomic E-state index is 13.8. The molecule has 49 nitrogen and oxygen atoms in total. The van der Waals surface area contributed by atoms with Gasteiger partial charge in [-0.05, 0) is 0 Å². The molecule has 622 valence electrons. The molecule has 0 spiro atoms. The van der Waals surface area contributed by atoms with Crippen LogP contribution < -0.4 is 21.3 Å². The van der Waals surface area contributed by atoms with E-state index in [0.29, 0.717) is 0 Å². The summed E-state index contributed by atoms with van der Waals surface area (Å²) >= 11 is 0. The van der Waals surface area contributed by atoms with E-state index in [4.69, 9.17) is 61.6 Å². The number of nitrogens with one attached hydrogen (secondary N) is 4. The predicted molar refractivity (Wildman–Crippen MR) is 330 cm³/mol. The van der Waals surface area contributed by atoms with Gasteiger partial charge in [0.15, 0.2) is 25.2 Å². The molecule has 0 unspecified atom stereocenters. The number of hydrogen-bond acceptors (Lipinski definition) is 42. The number of rotatable bonds is 32. The van der Waals surface area contributed by atoms with Crippen molar-refractivity contribution in [3.63, 3.8) is 0 Å². The van der Waals surface area contributed by atoms with E-state index in [9.17, 15) is 161 Å². The van der Waals surface area contributed by atoms with Crippen molar-refractivity contribution in [2.45, 2.75) is 278 Å². The summed E-state index contributed by atoms with van der Waals surface area (Å²) in [6, 6.07) is -7.88. The topological polar surface area (TPSA) is 793 Å². The molecule has 7 rings (SSSR count). The van der Waals surface area contributed by atoms with Gasteiger partial charge in [0.05, 0.1) is 82.7 Å². The fourth-order valence-corrected chi connectivity index (χ4v) is 13.7. The maximum atomic E-state index is 13.8. The summed E-state index contributed by atoms with van der Waals surface area (Å²) in [6.07, 6.45) is -77.0. The highest BCUT2D eigenvalue weighted by Crippen LogP contribution is 2.44. The Bertz CT molecular complexity index is 3010. The summed E-state index contributed by atoms with van der Waals surface area (Å²) in [5.74, 6) is -21.3. The summed E-state index contributed by atoms with van der Waals surface area (Å²) in [7, 11) is 0. The maximum Gasteiger partial charge on any atom is 0.364 e. The van der Waals surface area contributed by atoms with E-state index < -0.39 is 339 Å². The number of carboxylic acid groups (broad SMARTS) is 3. The molecule has 7 aliphatic heterocycles. The minimum atomic E-state index is -3.60. The second-order valence-corrected chi connectivity index (χ2v) is 26.8. The Morgan fingerprint density at radius 3 is 1.15 bits per heavy atom.